The van der Waals surface area contributed by atoms with Crippen molar-refractivity contribution < 1.29 is 19.0 Å². The molecule has 0 heterocycles. The molecule has 0 N–H and O–H groups in total. The molecule has 0 aliphatic rings. The quantitative estimate of drug-likeness (QED) is 0.655. The summed E-state index contributed by atoms with van der Waals surface area (Å²) in [5, 5.41) is 0. The number of hydrogen-bond donors (Lipinski definition) is 0. The average Bonchev–Trinajstić information content (AvgIpc) is 2.59. The van der Waals surface area contributed by atoms with E-state index in [1.165, 1.54) is 0 Å². The van der Waals surface area contributed by atoms with Crippen LogP contribution in [0.3, 0.4) is 0 Å². The fraction of sp³-hybridized carbons (Fsp3) is 0.381. The van der Waals surface area contributed by atoms with Crippen LogP contribution in [-0.2, 0) is 11.3 Å². The Labute approximate surface area is 149 Å². The predicted octanol–water partition coefficient (Wildman–Crippen LogP) is 4.66. The van der Waals surface area contributed by atoms with Crippen LogP contribution < -0.4 is 9.47 Å². The molecule has 1 atom stereocenters. The normalized spacial score (nSPS) is 12.5. The Hall–Kier alpha value is -2.33. The van der Waals surface area contributed by atoms with Gasteiger partial charge in [0.05, 0.1) is 17.8 Å². The van der Waals surface area contributed by atoms with Crippen molar-refractivity contribution in [2.75, 3.05) is 6.61 Å². The molecule has 0 spiro atoms. The second-order valence-corrected chi connectivity index (χ2v) is 6.92. The fourth-order valence-electron chi connectivity index (χ4n) is 2.22. The van der Waals surface area contributed by atoms with Gasteiger partial charge in [0.25, 0.3) is 0 Å². The summed E-state index contributed by atoms with van der Waals surface area (Å²) in [6, 6.07) is 15.1. The van der Waals surface area contributed by atoms with Crippen molar-refractivity contribution in [3.05, 3.63) is 59.7 Å². The number of ether oxygens (including phenoxy) is 3. The molecule has 0 fully saturated rings. The van der Waals surface area contributed by atoms with Gasteiger partial charge in [-0.05, 0) is 45.4 Å². The van der Waals surface area contributed by atoms with Crippen LogP contribution in [0, 0.1) is 0 Å². The fourth-order valence-corrected chi connectivity index (χ4v) is 2.22. The van der Waals surface area contributed by atoms with Crippen LogP contribution in [0.5, 0.6) is 11.5 Å². The summed E-state index contributed by atoms with van der Waals surface area (Å²) in [6.45, 7) is 8.76. The highest BCUT2D eigenvalue weighted by atomic mass is 16.6. The Morgan fingerprint density at radius 1 is 1.04 bits per heavy atom. The van der Waals surface area contributed by atoms with Gasteiger partial charge < -0.3 is 14.2 Å². The molecule has 4 nitrogen and oxygen atoms in total. The molecule has 0 saturated carbocycles. The number of para-hydroxylation sites is 1. The van der Waals surface area contributed by atoms with Crippen LogP contribution in [0.25, 0.3) is 0 Å². The summed E-state index contributed by atoms with van der Waals surface area (Å²) < 4.78 is 17.6. The highest BCUT2D eigenvalue weighted by molar-refractivity contribution is 5.81. The maximum Gasteiger partial charge on any atom is 0.172 e. The Bertz CT molecular complexity index is 674. The zero-order valence-corrected chi connectivity index (χ0v) is 15.3. The molecule has 25 heavy (non-hydrogen) atoms. The topological polar surface area (TPSA) is 44.8 Å². The van der Waals surface area contributed by atoms with Crippen molar-refractivity contribution in [2.24, 2.45) is 0 Å². The van der Waals surface area contributed by atoms with Gasteiger partial charge in [-0.3, -0.25) is 4.79 Å². The molecular formula is C21H26O4. The number of aldehydes is 1. The summed E-state index contributed by atoms with van der Waals surface area (Å²) in [5.74, 6) is 1.01. The lowest BCUT2D eigenvalue weighted by atomic mass is 10.2. The van der Waals surface area contributed by atoms with E-state index in [-0.39, 0.29) is 11.7 Å². The molecule has 4 heteroatoms. The second kappa shape index (κ2) is 8.67. The summed E-state index contributed by atoms with van der Waals surface area (Å²) in [6.07, 6.45) is 0.615. The van der Waals surface area contributed by atoms with E-state index in [4.69, 9.17) is 14.2 Å². The van der Waals surface area contributed by atoms with Gasteiger partial charge in [-0.1, -0.05) is 36.4 Å². The van der Waals surface area contributed by atoms with Gasteiger partial charge in [0.2, 0.25) is 0 Å². The zero-order chi connectivity index (χ0) is 18.3. The van der Waals surface area contributed by atoms with Crippen molar-refractivity contribution in [1.82, 2.24) is 0 Å². The van der Waals surface area contributed by atoms with Crippen LogP contribution in [0.1, 0.15) is 43.6 Å². The van der Waals surface area contributed by atoms with Crippen molar-refractivity contribution in [1.29, 1.82) is 0 Å². The first kappa shape index (κ1) is 19.0. The number of carbonyl (C=O) groups excluding carboxylic acids is 1. The molecule has 0 bridgehead atoms. The largest absolute Gasteiger partial charge is 0.484 e. The minimum absolute atomic E-state index is 0.166. The van der Waals surface area contributed by atoms with Crippen molar-refractivity contribution in [2.45, 2.75) is 46.0 Å². The van der Waals surface area contributed by atoms with Gasteiger partial charge in [0.15, 0.2) is 17.8 Å². The van der Waals surface area contributed by atoms with E-state index in [1.807, 2.05) is 58.0 Å². The SMILES string of the molecule is CC(COC(C)(C)C)Oc1cccc(C=O)c1OCc1ccccc1. The van der Waals surface area contributed by atoms with Crippen molar-refractivity contribution >= 4 is 6.29 Å². The maximum absolute atomic E-state index is 11.4. The van der Waals surface area contributed by atoms with Crippen LogP contribution in [0.4, 0.5) is 0 Å². The van der Waals surface area contributed by atoms with E-state index >= 15 is 0 Å². The Balaban J connectivity index is 2.10. The number of rotatable bonds is 8. The summed E-state index contributed by atoms with van der Waals surface area (Å²) in [7, 11) is 0. The lowest BCUT2D eigenvalue weighted by molar-refractivity contribution is -0.0379. The summed E-state index contributed by atoms with van der Waals surface area (Å²) in [5.41, 5.74) is 1.27. The molecule has 1 unspecified atom stereocenters. The third-order valence-corrected chi connectivity index (χ3v) is 3.44. The van der Waals surface area contributed by atoms with Gasteiger partial charge in [0, 0.05) is 0 Å². The first-order valence-corrected chi connectivity index (χ1v) is 8.44. The third-order valence-electron chi connectivity index (χ3n) is 3.44. The second-order valence-electron chi connectivity index (χ2n) is 6.92. The smallest absolute Gasteiger partial charge is 0.172 e. The highest BCUT2D eigenvalue weighted by Gasteiger charge is 2.17. The maximum atomic E-state index is 11.4. The standard InChI is InChI=1S/C21H26O4/c1-16(14-24-21(2,3)4)25-19-12-8-11-18(13-22)20(19)23-15-17-9-6-5-7-10-17/h5-13,16H,14-15H2,1-4H3. The van der Waals surface area contributed by atoms with Gasteiger partial charge in [-0.25, -0.2) is 0 Å². The lowest BCUT2D eigenvalue weighted by Crippen LogP contribution is -2.27. The molecule has 0 aliphatic heterocycles. The first-order valence-electron chi connectivity index (χ1n) is 8.44. The lowest BCUT2D eigenvalue weighted by Gasteiger charge is -2.24. The molecule has 134 valence electrons. The molecule has 0 amide bonds. The number of benzene rings is 2. The molecule has 2 aromatic carbocycles. The van der Waals surface area contributed by atoms with Crippen LogP contribution in [0.2, 0.25) is 0 Å². The van der Waals surface area contributed by atoms with Gasteiger partial charge in [0.1, 0.15) is 12.7 Å². The Morgan fingerprint density at radius 2 is 1.76 bits per heavy atom. The molecule has 0 aliphatic carbocycles. The van der Waals surface area contributed by atoms with Crippen LogP contribution in [0.15, 0.2) is 48.5 Å². The summed E-state index contributed by atoms with van der Waals surface area (Å²) >= 11 is 0. The van der Waals surface area contributed by atoms with E-state index in [2.05, 4.69) is 0 Å². The molecule has 2 aromatic rings. The first-order chi connectivity index (χ1) is 11.9. The molecule has 0 aromatic heterocycles. The van der Waals surface area contributed by atoms with Crippen molar-refractivity contribution in [3.8, 4) is 11.5 Å². The minimum Gasteiger partial charge on any atom is -0.484 e. The minimum atomic E-state index is -0.227. The van der Waals surface area contributed by atoms with E-state index < -0.39 is 0 Å². The average molecular weight is 342 g/mol. The highest BCUT2D eigenvalue weighted by Crippen LogP contribution is 2.32. The predicted molar refractivity (Wildman–Crippen MR) is 98.4 cm³/mol. The van der Waals surface area contributed by atoms with Gasteiger partial charge in [-0.2, -0.15) is 0 Å². The van der Waals surface area contributed by atoms with Gasteiger partial charge in [-0.15, -0.1) is 0 Å². The number of carbonyl (C=O) groups is 1. The van der Waals surface area contributed by atoms with Crippen LogP contribution in [-0.4, -0.2) is 24.6 Å². The number of hydrogen-bond acceptors (Lipinski definition) is 4. The molecule has 0 radical (unpaired) electrons. The molecular weight excluding hydrogens is 316 g/mol. The summed E-state index contributed by atoms with van der Waals surface area (Å²) in [4.78, 5) is 11.4. The van der Waals surface area contributed by atoms with E-state index in [9.17, 15) is 4.79 Å². The van der Waals surface area contributed by atoms with Crippen molar-refractivity contribution in [3.63, 3.8) is 0 Å². The van der Waals surface area contributed by atoms with Gasteiger partial charge >= 0.3 is 0 Å². The van der Waals surface area contributed by atoms with E-state index in [0.717, 1.165) is 11.8 Å². The van der Waals surface area contributed by atoms with Crippen LogP contribution >= 0.6 is 0 Å². The molecule has 2 rings (SSSR count). The molecule has 0 saturated heterocycles. The monoisotopic (exact) mass is 342 g/mol. The third kappa shape index (κ3) is 6.24. The van der Waals surface area contributed by atoms with E-state index in [0.29, 0.717) is 30.3 Å². The zero-order valence-electron chi connectivity index (χ0n) is 15.3. The Kier molecular flexibility index (Phi) is 6.59. The van der Waals surface area contributed by atoms with E-state index in [1.54, 1.807) is 18.2 Å². The Morgan fingerprint density at radius 3 is 2.40 bits per heavy atom.